The van der Waals surface area contributed by atoms with Crippen molar-refractivity contribution in [1.29, 1.82) is 0 Å². The standard InChI is InChI=1S/C31H54N2O6/c1-3-4-5-6-7-8-9-10-11-12-13-14-15-16-18-26(2)38-24-22-33-31(37)30(36)32-21-17-23-39-27-19-20-28(34)29(35)25-27/h19-20,25-26,34-35H,3-18,21-24H2,1-2H3,(H,32,36)(H,33,37). The normalized spacial score (nSPS) is 11.7. The summed E-state index contributed by atoms with van der Waals surface area (Å²) in [6.45, 7) is 5.57. The maximum atomic E-state index is 11.9. The summed E-state index contributed by atoms with van der Waals surface area (Å²) in [5.41, 5.74) is 0. The van der Waals surface area contributed by atoms with Crippen LogP contribution < -0.4 is 15.4 Å². The highest BCUT2D eigenvalue weighted by Gasteiger charge is 2.12. The van der Waals surface area contributed by atoms with Crippen molar-refractivity contribution < 1.29 is 29.3 Å². The average Bonchev–Trinajstić information content (AvgIpc) is 2.92. The van der Waals surface area contributed by atoms with E-state index >= 15 is 0 Å². The molecule has 2 amide bonds. The molecular formula is C31H54N2O6. The van der Waals surface area contributed by atoms with Crippen LogP contribution in [-0.2, 0) is 14.3 Å². The molecule has 0 radical (unpaired) electrons. The van der Waals surface area contributed by atoms with Gasteiger partial charge in [-0.3, -0.25) is 9.59 Å². The van der Waals surface area contributed by atoms with E-state index in [4.69, 9.17) is 9.47 Å². The molecule has 4 N–H and O–H groups in total. The molecule has 0 saturated heterocycles. The first-order valence-electron chi connectivity index (χ1n) is 15.3. The van der Waals surface area contributed by atoms with Gasteiger partial charge in [-0.1, -0.05) is 96.8 Å². The van der Waals surface area contributed by atoms with E-state index in [1.165, 1.54) is 102 Å². The number of ether oxygens (including phenoxy) is 2. The van der Waals surface area contributed by atoms with Crippen LogP contribution >= 0.6 is 0 Å². The number of carbonyl (C=O) groups excluding carboxylic acids is 2. The summed E-state index contributed by atoms with van der Waals surface area (Å²) in [7, 11) is 0. The highest BCUT2D eigenvalue weighted by molar-refractivity contribution is 6.35. The number of nitrogens with one attached hydrogen (secondary N) is 2. The lowest BCUT2D eigenvalue weighted by atomic mass is 10.0. The monoisotopic (exact) mass is 550 g/mol. The highest BCUT2D eigenvalue weighted by Crippen LogP contribution is 2.28. The molecule has 0 heterocycles. The summed E-state index contributed by atoms with van der Waals surface area (Å²) < 4.78 is 11.2. The molecule has 0 aromatic heterocycles. The van der Waals surface area contributed by atoms with E-state index in [-0.39, 0.29) is 30.8 Å². The number of carbonyl (C=O) groups is 2. The van der Waals surface area contributed by atoms with Crippen molar-refractivity contribution in [2.24, 2.45) is 0 Å². The van der Waals surface area contributed by atoms with Crippen LogP contribution in [0.1, 0.15) is 117 Å². The minimum atomic E-state index is -0.687. The summed E-state index contributed by atoms with van der Waals surface area (Å²) in [6, 6.07) is 4.18. The molecule has 0 aliphatic heterocycles. The van der Waals surface area contributed by atoms with Crippen LogP contribution in [0.4, 0.5) is 0 Å². The van der Waals surface area contributed by atoms with Gasteiger partial charge in [-0.05, 0) is 31.9 Å². The molecule has 0 aliphatic rings. The Morgan fingerprint density at radius 3 is 1.82 bits per heavy atom. The Labute approximate surface area is 236 Å². The molecule has 0 bridgehead atoms. The highest BCUT2D eigenvalue weighted by atomic mass is 16.5. The summed E-state index contributed by atoms with van der Waals surface area (Å²) >= 11 is 0. The van der Waals surface area contributed by atoms with E-state index in [9.17, 15) is 19.8 Å². The summed E-state index contributed by atoms with van der Waals surface area (Å²) in [6.07, 6.45) is 20.5. The van der Waals surface area contributed by atoms with Crippen LogP contribution in [0, 0.1) is 0 Å². The van der Waals surface area contributed by atoms with Crippen molar-refractivity contribution in [3.63, 3.8) is 0 Å². The fraction of sp³-hybridized carbons (Fsp3) is 0.742. The maximum absolute atomic E-state index is 11.9. The lowest BCUT2D eigenvalue weighted by Gasteiger charge is -2.13. The topological polar surface area (TPSA) is 117 Å². The molecule has 8 heteroatoms. The van der Waals surface area contributed by atoms with Crippen LogP contribution in [0.3, 0.4) is 0 Å². The summed E-state index contributed by atoms with van der Waals surface area (Å²) in [4.78, 5) is 23.8. The van der Waals surface area contributed by atoms with Gasteiger partial charge in [-0.2, -0.15) is 0 Å². The number of hydrogen-bond acceptors (Lipinski definition) is 6. The predicted molar refractivity (Wildman–Crippen MR) is 156 cm³/mol. The van der Waals surface area contributed by atoms with Crippen LogP contribution in [0.5, 0.6) is 17.2 Å². The largest absolute Gasteiger partial charge is 0.504 e. The third-order valence-corrected chi connectivity index (χ3v) is 6.78. The number of benzene rings is 1. The van der Waals surface area contributed by atoms with Gasteiger partial charge < -0.3 is 30.3 Å². The van der Waals surface area contributed by atoms with E-state index in [0.717, 1.165) is 12.8 Å². The quantitative estimate of drug-likeness (QED) is 0.0674. The van der Waals surface area contributed by atoms with E-state index < -0.39 is 11.8 Å². The number of aromatic hydroxyl groups is 2. The zero-order valence-corrected chi connectivity index (χ0v) is 24.5. The fourth-order valence-corrected chi connectivity index (χ4v) is 4.35. The van der Waals surface area contributed by atoms with Crippen molar-refractivity contribution in [3.8, 4) is 17.2 Å². The molecule has 1 aromatic carbocycles. The van der Waals surface area contributed by atoms with Crippen LogP contribution in [-0.4, -0.2) is 54.4 Å². The molecule has 224 valence electrons. The third-order valence-electron chi connectivity index (χ3n) is 6.78. The van der Waals surface area contributed by atoms with Gasteiger partial charge in [0.1, 0.15) is 5.75 Å². The van der Waals surface area contributed by atoms with Gasteiger partial charge in [-0.15, -0.1) is 0 Å². The molecule has 0 aliphatic carbocycles. The van der Waals surface area contributed by atoms with Gasteiger partial charge in [0.25, 0.3) is 0 Å². The Hall–Kier alpha value is -2.48. The number of phenolic OH excluding ortho intramolecular Hbond substituents is 2. The second kappa shape index (κ2) is 23.4. The molecular weight excluding hydrogens is 496 g/mol. The molecule has 1 aromatic rings. The van der Waals surface area contributed by atoms with Crippen molar-refractivity contribution in [2.45, 2.75) is 123 Å². The van der Waals surface area contributed by atoms with Crippen LogP contribution in [0.2, 0.25) is 0 Å². The van der Waals surface area contributed by atoms with Gasteiger partial charge in [0, 0.05) is 19.2 Å². The molecule has 0 saturated carbocycles. The Bertz CT molecular complexity index is 773. The lowest BCUT2D eigenvalue weighted by molar-refractivity contribution is -0.139. The van der Waals surface area contributed by atoms with Gasteiger partial charge in [-0.25, -0.2) is 0 Å². The molecule has 0 fully saturated rings. The SMILES string of the molecule is CCCCCCCCCCCCCCCCC(C)OCCNC(=O)C(=O)NCCCOc1ccc(O)c(O)c1. The van der Waals surface area contributed by atoms with Gasteiger partial charge in [0.2, 0.25) is 0 Å². The third kappa shape index (κ3) is 19.3. The second-order valence-electron chi connectivity index (χ2n) is 10.4. The van der Waals surface area contributed by atoms with Gasteiger partial charge in [0.15, 0.2) is 11.5 Å². The van der Waals surface area contributed by atoms with Gasteiger partial charge in [0.05, 0.1) is 19.3 Å². The van der Waals surface area contributed by atoms with Gasteiger partial charge >= 0.3 is 11.8 Å². The zero-order valence-electron chi connectivity index (χ0n) is 24.5. The van der Waals surface area contributed by atoms with Crippen LogP contribution in [0.25, 0.3) is 0 Å². The van der Waals surface area contributed by atoms with Crippen LogP contribution in [0.15, 0.2) is 18.2 Å². The molecule has 1 rings (SSSR count). The summed E-state index contributed by atoms with van der Waals surface area (Å²) in [5, 5.41) is 23.8. The van der Waals surface area contributed by atoms with E-state index in [1.807, 2.05) is 0 Å². The molecule has 1 unspecified atom stereocenters. The zero-order chi connectivity index (χ0) is 28.6. The van der Waals surface area contributed by atoms with Crippen molar-refractivity contribution in [1.82, 2.24) is 10.6 Å². The van der Waals surface area contributed by atoms with E-state index in [0.29, 0.717) is 25.3 Å². The maximum Gasteiger partial charge on any atom is 0.309 e. The number of hydrogen-bond donors (Lipinski definition) is 4. The number of phenols is 2. The molecule has 1 atom stereocenters. The van der Waals surface area contributed by atoms with E-state index in [2.05, 4.69) is 24.5 Å². The number of amides is 2. The Balaban J connectivity index is 1.88. The fourth-order valence-electron chi connectivity index (χ4n) is 4.35. The average molecular weight is 551 g/mol. The smallest absolute Gasteiger partial charge is 0.309 e. The number of unbranched alkanes of at least 4 members (excludes halogenated alkanes) is 13. The molecule has 0 spiro atoms. The second-order valence-corrected chi connectivity index (χ2v) is 10.4. The first-order chi connectivity index (χ1) is 18.9. The Morgan fingerprint density at radius 1 is 0.718 bits per heavy atom. The van der Waals surface area contributed by atoms with Crippen molar-refractivity contribution in [2.75, 3.05) is 26.3 Å². The minimum absolute atomic E-state index is 0.142. The predicted octanol–water partition coefficient (Wildman–Crippen LogP) is 6.38. The Morgan fingerprint density at radius 2 is 1.26 bits per heavy atom. The molecule has 8 nitrogen and oxygen atoms in total. The Kier molecular flexibility index (Phi) is 20.7. The first-order valence-corrected chi connectivity index (χ1v) is 15.3. The molecule has 39 heavy (non-hydrogen) atoms. The minimum Gasteiger partial charge on any atom is -0.504 e. The van der Waals surface area contributed by atoms with Crippen molar-refractivity contribution >= 4 is 11.8 Å². The van der Waals surface area contributed by atoms with Crippen molar-refractivity contribution in [3.05, 3.63) is 18.2 Å². The number of rotatable bonds is 24. The first kappa shape index (κ1) is 34.5. The van der Waals surface area contributed by atoms with E-state index in [1.54, 1.807) is 0 Å². The lowest BCUT2D eigenvalue weighted by Crippen LogP contribution is -2.41. The summed E-state index contributed by atoms with van der Waals surface area (Å²) in [5.74, 6) is -1.43.